The molecule has 0 bridgehead atoms. The highest BCUT2D eigenvalue weighted by Crippen LogP contribution is 2.16. The van der Waals surface area contributed by atoms with Crippen LogP contribution in [0.1, 0.15) is 11.1 Å². The van der Waals surface area contributed by atoms with Crippen LogP contribution in [0.5, 0.6) is 0 Å². The van der Waals surface area contributed by atoms with Crippen LogP contribution in [0.25, 0.3) is 11.5 Å². The Balaban J connectivity index is 2.53. The van der Waals surface area contributed by atoms with Crippen LogP contribution in [-0.2, 0) is 0 Å². The molecule has 0 aromatic carbocycles. The van der Waals surface area contributed by atoms with Gasteiger partial charge in [0.25, 0.3) is 0 Å². The number of nitrogens with zero attached hydrogens (tertiary/aromatic N) is 3. The van der Waals surface area contributed by atoms with Crippen LogP contribution in [0.3, 0.4) is 0 Å². The van der Waals surface area contributed by atoms with Gasteiger partial charge in [-0.2, -0.15) is 5.10 Å². The summed E-state index contributed by atoms with van der Waals surface area (Å²) in [6.07, 6.45) is 3.31. The van der Waals surface area contributed by atoms with Crippen LogP contribution in [0.4, 0.5) is 0 Å². The van der Waals surface area contributed by atoms with Crippen LogP contribution in [0.15, 0.2) is 18.6 Å². The van der Waals surface area contributed by atoms with E-state index in [9.17, 15) is 0 Å². The lowest BCUT2D eigenvalue weighted by Gasteiger charge is -2.01. The summed E-state index contributed by atoms with van der Waals surface area (Å²) >= 11 is 0. The van der Waals surface area contributed by atoms with Crippen molar-refractivity contribution in [2.24, 2.45) is 0 Å². The Morgan fingerprint density at radius 2 is 2.08 bits per heavy atom. The maximum Gasteiger partial charge on any atom is 0.174 e. The highest BCUT2D eigenvalue weighted by Gasteiger charge is 2.05. The predicted octanol–water partition coefficient (Wildman–Crippen LogP) is 1.48. The van der Waals surface area contributed by atoms with Crippen molar-refractivity contribution in [1.29, 1.82) is 0 Å². The van der Waals surface area contributed by atoms with Crippen molar-refractivity contribution in [2.45, 2.75) is 13.8 Å². The number of hydrogen-bond acceptors (Lipinski definition) is 3. The van der Waals surface area contributed by atoms with E-state index in [4.69, 9.17) is 0 Å². The van der Waals surface area contributed by atoms with Gasteiger partial charge in [0, 0.05) is 6.20 Å². The van der Waals surface area contributed by atoms with Crippen LogP contribution in [0.2, 0.25) is 0 Å². The van der Waals surface area contributed by atoms with E-state index in [1.807, 2.05) is 20.0 Å². The average Bonchev–Trinajstić information content (AvgIpc) is 2.56. The van der Waals surface area contributed by atoms with Crippen LogP contribution < -0.4 is 0 Å². The number of aryl methyl sites for hydroxylation is 2. The Kier molecular flexibility index (Phi) is 1.81. The van der Waals surface area contributed by atoms with Crippen LogP contribution in [0, 0.1) is 13.8 Å². The molecule has 2 heterocycles. The zero-order valence-electron chi connectivity index (χ0n) is 7.57. The molecule has 0 fully saturated rings. The molecule has 0 amide bonds. The molecular weight excluding hydrogens is 164 g/mol. The molecule has 0 radical (unpaired) electrons. The van der Waals surface area contributed by atoms with Crippen LogP contribution in [-0.4, -0.2) is 20.2 Å². The van der Waals surface area contributed by atoms with Gasteiger partial charge in [-0.25, -0.2) is 4.98 Å². The van der Waals surface area contributed by atoms with Gasteiger partial charge in [-0.1, -0.05) is 6.07 Å². The summed E-state index contributed by atoms with van der Waals surface area (Å²) in [7, 11) is 0. The molecule has 0 aliphatic heterocycles. The molecule has 13 heavy (non-hydrogen) atoms. The van der Waals surface area contributed by atoms with E-state index in [0.717, 1.165) is 22.6 Å². The molecule has 0 aliphatic rings. The predicted molar refractivity (Wildman–Crippen MR) is 49.1 cm³/mol. The molecule has 0 aliphatic carbocycles. The first-order chi connectivity index (χ1) is 6.27. The maximum atomic E-state index is 4.29. The van der Waals surface area contributed by atoms with Crippen molar-refractivity contribution in [2.75, 3.05) is 0 Å². The van der Waals surface area contributed by atoms with Gasteiger partial charge < -0.3 is 0 Å². The van der Waals surface area contributed by atoms with E-state index in [0.29, 0.717) is 0 Å². The quantitative estimate of drug-likeness (QED) is 0.712. The fraction of sp³-hybridized carbons (Fsp3) is 0.222. The number of H-pyrrole nitrogens is 1. The lowest BCUT2D eigenvalue weighted by Crippen LogP contribution is -1.91. The van der Waals surface area contributed by atoms with Gasteiger partial charge in [0.2, 0.25) is 0 Å². The van der Waals surface area contributed by atoms with Crippen molar-refractivity contribution in [1.82, 2.24) is 20.2 Å². The molecule has 4 nitrogen and oxygen atoms in total. The third-order valence-corrected chi connectivity index (χ3v) is 1.85. The molecule has 2 aromatic heterocycles. The van der Waals surface area contributed by atoms with E-state index in [1.54, 1.807) is 0 Å². The molecule has 0 unspecified atom stereocenters. The number of nitrogens with one attached hydrogen (secondary N) is 1. The summed E-state index contributed by atoms with van der Waals surface area (Å²) in [6.45, 7) is 4.03. The molecule has 0 spiro atoms. The molecule has 2 rings (SSSR count). The zero-order chi connectivity index (χ0) is 9.26. The molecule has 66 valence electrons. The topological polar surface area (TPSA) is 54.5 Å². The summed E-state index contributed by atoms with van der Waals surface area (Å²) in [6, 6.07) is 2.07. The minimum atomic E-state index is 0.720. The second-order valence-corrected chi connectivity index (χ2v) is 3.01. The van der Waals surface area contributed by atoms with E-state index in [-0.39, 0.29) is 0 Å². The third-order valence-electron chi connectivity index (χ3n) is 1.85. The highest BCUT2D eigenvalue weighted by atomic mass is 15.2. The molecular formula is C9H10N4. The van der Waals surface area contributed by atoms with E-state index in [1.165, 1.54) is 6.33 Å². The lowest BCUT2D eigenvalue weighted by molar-refractivity contribution is 1.08. The van der Waals surface area contributed by atoms with Crippen molar-refractivity contribution in [3.8, 4) is 11.5 Å². The monoisotopic (exact) mass is 174 g/mol. The van der Waals surface area contributed by atoms with Crippen molar-refractivity contribution in [3.63, 3.8) is 0 Å². The fourth-order valence-corrected chi connectivity index (χ4v) is 1.28. The minimum absolute atomic E-state index is 0.720. The summed E-state index contributed by atoms with van der Waals surface area (Å²) in [5, 5.41) is 6.58. The van der Waals surface area contributed by atoms with Crippen LogP contribution >= 0.6 is 0 Å². The van der Waals surface area contributed by atoms with Gasteiger partial charge in [-0.05, 0) is 25.0 Å². The average molecular weight is 174 g/mol. The maximum absolute atomic E-state index is 4.29. The number of aromatic nitrogens is 4. The largest absolute Gasteiger partial charge is 0.258 e. The lowest BCUT2D eigenvalue weighted by atomic mass is 10.1. The standard InChI is InChI=1S/C9H10N4/c1-6-3-7(2)8(10-4-6)9-11-5-12-13-9/h3-5H,1-2H3,(H,11,12,13). The summed E-state index contributed by atoms with van der Waals surface area (Å²) in [5.41, 5.74) is 3.13. The zero-order valence-corrected chi connectivity index (χ0v) is 7.57. The third kappa shape index (κ3) is 1.42. The van der Waals surface area contributed by atoms with Gasteiger partial charge in [-0.15, -0.1) is 0 Å². The van der Waals surface area contributed by atoms with Gasteiger partial charge in [0.1, 0.15) is 12.0 Å². The normalized spacial score (nSPS) is 10.3. The molecule has 1 N–H and O–H groups in total. The van der Waals surface area contributed by atoms with E-state index < -0.39 is 0 Å². The number of aromatic amines is 1. The Morgan fingerprint density at radius 3 is 2.69 bits per heavy atom. The first kappa shape index (κ1) is 7.91. The molecule has 4 heteroatoms. The Labute approximate surface area is 76.1 Å². The Hall–Kier alpha value is -1.71. The highest BCUT2D eigenvalue weighted by molar-refractivity contribution is 5.53. The molecule has 0 atom stereocenters. The van der Waals surface area contributed by atoms with Gasteiger partial charge in [-0.3, -0.25) is 10.1 Å². The first-order valence-corrected chi connectivity index (χ1v) is 4.06. The van der Waals surface area contributed by atoms with Gasteiger partial charge >= 0.3 is 0 Å². The molecule has 0 saturated heterocycles. The summed E-state index contributed by atoms with van der Waals surface area (Å²) < 4.78 is 0. The summed E-state index contributed by atoms with van der Waals surface area (Å²) in [4.78, 5) is 8.33. The molecule has 0 saturated carbocycles. The minimum Gasteiger partial charge on any atom is -0.258 e. The Morgan fingerprint density at radius 1 is 1.23 bits per heavy atom. The van der Waals surface area contributed by atoms with E-state index in [2.05, 4.69) is 26.2 Å². The second kappa shape index (κ2) is 2.97. The fourth-order valence-electron chi connectivity index (χ4n) is 1.28. The van der Waals surface area contributed by atoms with Crippen molar-refractivity contribution in [3.05, 3.63) is 29.7 Å². The first-order valence-electron chi connectivity index (χ1n) is 4.06. The Bertz CT molecular complexity index is 406. The van der Waals surface area contributed by atoms with Crippen molar-refractivity contribution >= 4 is 0 Å². The SMILES string of the molecule is Cc1cnc(-c2ncn[nH]2)c(C)c1. The van der Waals surface area contributed by atoms with Gasteiger partial charge in [0.05, 0.1) is 0 Å². The smallest absolute Gasteiger partial charge is 0.174 e. The number of hydrogen-bond donors (Lipinski definition) is 1. The second-order valence-electron chi connectivity index (χ2n) is 3.01. The molecule has 2 aromatic rings. The summed E-state index contributed by atoms with van der Waals surface area (Å²) in [5.74, 6) is 0.720. The van der Waals surface area contributed by atoms with Crippen molar-refractivity contribution < 1.29 is 0 Å². The van der Waals surface area contributed by atoms with Gasteiger partial charge in [0.15, 0.2) is 5.82 Å². The number of rotatable bonds is 1. The van der Waals surface area contributed by atoms with E-state index >= 15 is 0 Å². The number of pyridine rings is 1.